The first kappa shape index (κ1) is 9.19. The minimum Gasteiger partial charge on any atom is -0.325 e. The minimum absolute atomic E-state index is 0.0344. The van der Waals surface area contributed by atoms with E-state index < -0.39 is 0 Å². The van der Waals surface area contributed by atoms with Crippen LogP contribution in [0.25, 0.3) is 0 Å². The van der Waals surface area contributed by atoms with Crippen LogP contribution in [-0.4, -0.2) is 10.9 Å². The van der Waals surface area contributed by atoms with Crippen LogP contribution in [0.1, 0.15) is 30.2 Å². The highest BCUT2D eigenvalue weighted by Gasteiger charge is 2.16. The molecule has 1 amide bonds. The van der Waals surface area contributed by atoms with Gasteiger partial charge in [0, 0.05) is 12.6 Å². The van der Waals surface area contributed by atoms with E-state index in [1.54, 1.807) is 6.20 Å². The van der Waals surface area contributed by atoms with Crippen LogP contribution >= 0.6 is 0 Å². The highest BCUT2D eigenvalue weighted by Crippen LogP contribution is 2.27. The van der Waals surface area contributed by atoms with Gasteiger partial charge in [0.2, 0.25) is 5.91 Å². The van der Waals surface area contributed by atoms with E-state index in [-0.39, 0.29) is 5.91 Å². The first-order chi connectivity index (χ1) is 6.68. The molecule has 1 aliphatic rings. The average molecular weight is 190 g/mol. The summed E-state index contributed by atoms with van der Waals surface area (Å²) in [5.74, 6) is -0.0344. The SMILES string of the molecule is CC(=O)Nc1cnc2c(c1C)CCC2. The Morgan fingerprint density at radius 1 is 1.50 bits per heavy atom. The van der Waals surface area contributed by atoms with Gasteiger partial charge in [-0.3, -0.25) is 9.78 Å². The zero-order valence-corrected chi connectivity index (χ0v) is 8.55. The van der Waals surface area contributed by atoms with Crippen LogP contribution in [0.2, 0.25) is 0 Å². The first-order valence-corrected chi connectivity index (χ1v) is 4.93. The van der Waals surface area contributed by atoms with Crippen LogP contribution in [0.5, 0.6) is 0 Å². The lowest BCUT2D eigenvalue weighted by atomic mass is 10.1. The molecule has 0 saturated carbocycles. The Labute approximate surface area is 83.5 Å². The Balaban J connectivity index is 2.39. The van der Waals surface area contributed by atoms with Crippen molar-refractivity contribution in [3.05, 3.63) is 23.0 Å². The summed E-state index contributed by atoms with van der Waals surface area (Å²) in [5, 5.41) is 2.80. The molecular weight excluding hydrogens is 176 g/mol. The summed E-state index contributed by atoms with van der Waals surface area (Å²) in [7, 11) is 0. The molecule has 1 heterocycles. The van der Waals surface area contributed by atoms with Crippen molar-refractivity contribution >= 4 is 11.6 Å². The Morgan fingerprint density at radius 2 is 2.29 bits per heavy atom. The maximum Gasteiger partial charge on any atom is 0.221 e. The Morgan fingerprint density at radius 3 is 3.00 bits per heavy atom. The van der Waals surface area contributed by atoms with Crippen molar-refractivity contribution in [1.82, 2.24) is 4.98 Å². The predicted molar refractivity (Wildman–Crippen MR) is 55.3 cm³/mol. The molecule has 2 rings (SSSR count). The largest absolute Gasteiger partial charge is 0.325 e. The number of aryl methyl sites for hydroxylation is 1. The number of anilines is 1. The van der Waals surface area contributed by atoms with Crippen molar-refractivity contribution in [2.45, 2.75) is 33.1 Å². The molecule has 0 spiro atoms. The zero-order chi connectivity index (χ0) is 10.1. The van der Waals surface area contributed by atoms with E-state index in [4.69, 9.17) is 0 Å². The normalized spacial score (nSPS) is 13.9. The molecule has 0 saturated heterocycles. The molecule has 74 valence electrons. The van der Waals surface area contributed by atoms with Crippen molar-refractivity contribution in [1.29, 1.82) is 0 Å². The van der Waals surface area contributed by atoms with Gasteiger partial charge in [-0.2, -0.15) is 0 Å². The molecule has 1 aromatic heterocycles. The van der Waals surface area contributed by atoms with Crippen molar-refractivity contribution in [3.8, 4) is 0 Å². The molecule has 0 atom stereocenters. The molecule has 3 heteroatoms. The predicted octanol–water partition coefficient (Wildman–Crippen LogP) is 1.84. The fraction of sp³-hybridized carbons (Fsp3) is 0.455. The summed E-state index contributed by atoms with van der Waals surface area (Å²) in [5.41, 5.74) is 4.58. The highest BCUT2D eigenvalue weighted by molar-refractivity contribution is 5.89. The van der Waals surface area contributed by atoms with Gasteiger partial charge in [-0.05, 0) is 37.3 Å². The molecule has 1 aromatic rings. The van der Waals surface area contributed by atoms with Gasteiger partial charge < -0.3 is 5.32 Å². The first-order valence-electron chi connectivity index (χ1n) is 4.93. The second-order valence-corrected chi connectivity index (χ2v) is 3.76. The monoisotopic (exact) mass is 190 g/mol. The number of hydrogen-bond donors (Lipinski definition) is 1. The molecule has 1 N–H and O–H groups in total. The standard InChI is InChI=1S/C11H14N2O/c1-7-9-4-3-5-10(9)12-6-11(7)13-8(2)14/h6H,3-5H2,1-2H3,(H,13,14). The number of aromatic nitrogens is 1. The fourth-order valence-corrected chi connectivity index (χ4v) is 1.99. The number of nitrogens with one attached hydrogen (secondary N) is 1. The van der Waals surface area contributed by atoms with Gasteiger partial charge in [0.05, 0.1) is 11.9 Å². The summed E-state index contributed by atoms with van der Waals surface area (Å²) in [4.78, 5) is 15.3. The van der Waals surface area contributed by atoms with E-state index in [0.29, 0.717) is 0 Å². The van der Waals surface area contributed by atoms with Gasteiger partial charge in [0.25, 0.3) is 0 Å². The number of pyridine rings is 1. The third-order valence-corrected chi connectivity index (χ3v) is 2.71. The van der Waals surface area contributed by atoms with Gasteiger partial charge in [0.15, 0.2) is 0 Å². The van der Waals surface area contributed by atoms with Crippen LogP contribution in [-0.2, 0) is 17.6 Å². The van der Waals surface area contributed by atoms with Crippen LogP contribution in [0.3, 0.4) is 0 Å². The summed E-state index contributed by atoms with van der Waals surface area (Å²) >= 11 is 0. The molecule has 0 unspecified atom stereocenters. The number of carbonyl (C=O) groups is 1. The summed E-state index contributed by atoms with van der Waals surface area (Å²) in [6, 6.07) is 0. The van der Waals surface area contributed by atoms with Gasteiger partial charge in [-0.1, -0.05) is 0 Å². The molecule has 0 radical (unpaired) electrons. The number of carbonyl (C=O) groups excluding carboxylic acids is 1. The van der Waals surface area contributed by atoms with E-state index in [2.05, 4.69) is 17.2 Å². The second kappa shape index (κ2) is 3.40. The summed E-state index contributed by atoms with van der Waals surface area (Å²) in [6.07, 6.45) is 5.13. The van der Waals surface area contributed by atoms with Crippen LogP contribution in [0.4, 0.5) is 5.69 Å². The highest BCUT2D eigenvalue weighted by atomic mass is 16.1. The molecule has 3 nitrogen and oxygen atoms in total. The lowest BCUT2D eigenvalue weighted by Gasteiger charge is -2.09. The average Bonchev–Trinajstić information content (AvgIpc) is 2.57. The van der Waals surface area contributed by atoms with Gasteiger partial charge in [-0.25, -0.2) is 0 Å². The minimum atomic E-state index is -0.0344. The molecular formula is C11H14N2O. The zero-order valence-electron chi connectivity index (χ0n) is 8.55. The Hall–Kier alpha value is -1.38. The van der Waals surface area contributed by atoms with Crippen molar-refractivity contribution in [3.63, 3.8) is 0 Å². The smallest absolute Gasteiger partial charge is 0.221 e. The van der Waals surface area contributed by atoms with E-state index in [1.807, 2.05) is 0 Å². The quantitative estimate of drug-likeness (QED) is 0.734. The van der Waals surface area contributed by atoms with Gasteiger partial charge in [0.1, 0.15) is 0 Å². The molecule has 0 bridgehead atoms. The van der Waals surface area contributed by atoms with Gasteiger partial charge >= 0.3 is 0 Å². The number of fused-ring (bicyclic) bond motifs is 1. The topological polar surface area (TPSA) is 42.0 Å². The van der Waals surface area contributed by atoms with Crippen molar-refractivity contribution in [2.24, 2.45) is 0 Å². The number of amides is 1. The molecule has 0 fully saturated rings. The molecule has 1 aliphatic carbocycles. The van der Waals surface area contributed by atoms with Crippen molar-refractivity contribution < 1.29 is 4.79 Å². The summed E-state index contributed by atoms with van der Waals surface area (Å²) in [6.45, 7) is 3.57. The third kappa shape index (κ3) is 1.50. The van der Waals surface area contributed by atoms with E-state index in [0.717, 1.165) is 18.5 Å². The maximum atomic E-state index is 10.9. The molecule has 14 heavy (non-hydrogen) atoms. The van der Waals surface area contributed by atoms with E-state index >= 15 is 0 Å². The van der Waals surface area contributed by atoms with E-state index in [1.165, 1.54) is 30.2 Å². The number of nitrogens with zero attached hydrogens (tertiary/aromatic N) is 1. The lowest BCUT2D eigenvalue weighted by Crippen LogP contribution is -2.09. The Kier molecular flexibility index (Phi) is 2.23. The van der Waals surface area contributed by atoms with Crippen LogP contribution in [0, 0.1) is 6.92 Å². The molecule has 0 aliphatic heterocycles. The maximum absolute atomic E-state index is 10.9. The van der Waals surface area contributed by atoms with Crippen molar-refractivity contribution in [2.75, 3.05) is 5.32 Å². The third-order valence-electron chi connectivity index (χ3n) is 2.71. The van der Waals surface area contributed by atoms with Crippen LogP contribution in [0.15, 0.2) is 6.20 Å². The van der Waals surface area contributed by atoms with Crippen LogP contribution < -0.4 is 5.32 Å². The Bertz CT molecular complexity index is 385. The summed E-state index contributed by atoms with van der Waals surface area (Å²) < 4.78 is 0. The lowest BCUT2D eigenvalue weighted by molar-refractivity contribution is -0.114. The van der Waals surface area contributed by atoms with Gasteiger partial charge in [-0.15, -0.1) is 0 Å². The fourth-order valence-electron chi connectivity index (χ4n) is 1.99. The van der Waals surface area contributed by atoms with E-state index in [9.17, 15) is 4.79 Å². The number of hydrogen-bond acceptors (Lipinski definition) is 2. The number of rotatable bonds is 1. The molecule has 0 aromatic carbocycles. The second-order valence-electron chi connectivity index (χ2n) is 3.76.